The minimum Gasteiger partial charge on any atom is -0.497 e. The van der Waals surface area contributed by atoms with E-state index in [1.165, 1.54) is 80.9 Å². The van der Waals surface area contributed by atoms with Crippen LogP contribution in [0.1, 0.15) is 5.56 Å². The second-order valence-electron chi connectivity index (χ2n) is 9.16. The van der Waals surface area contributed by atoms with Gasteiger partial charge < -0.3 is 14.8 Å². The van der Waals surface area contributed by atoms with E-state index in [1.54, 1.807) is 18.2 Å². The number of sulfonamides is 2. The van der Waals surface area contributed by atoms with Crippen molar-refractivity contribution in [2.24, 2.45) is 0 Å². The van der Waals surface area contributed by atoms with Gasteiger partial charge in [0.25, 0.3) is 20.0 Å². The van der Waals surface area contributed by atoms with Crippen LogP contribution < -0.4 is 23.8 Å². The fourth-order valence-electron chi connectivity index (χ4n) is 3.95. The molecule has 0 aliphatic carbocycles. The van der Waals surface area contributed by atoms with Crippen LogP contribution in [0, 0.1) is 6.92 Å². The first-order chi connectivity index (χ1) is 20.3. The van der Waals surface area contributed by atoms with Crippen molar-refractivity contribution in [2.75, 3.05) is 35.1 Å². The van der Waals surface area contributed by atoms with Gasteiger partial charge in [-0.3, -0.25) is 13.8 Å². The molecule has 0 aliphatic heterocycles. The molecule has 10 nitrogen and oxygen atoms in total. The summed E-state index contributed by atoms with van der Waals surface area (Å²) < 4.78 is 67.0. The molecule has 4 aromatic carbocycles. The highest BCUT2D eigenvalue weighted by atomic mass is 35.5. The van der Waals surface area contributed by atoms with Crippen LogP contribution in [0.25, 0.3) is 0 Å². The topological polar surface area (TPSA) is 131 Å². The number of methoxy groups -OCH3 is 2. The lowest BCUT2D eigenvalue weighted by atomic mass is 10.2. The van der Waals surface area contributed by atoms with Gasteiger partial charge in [0.2, 0.25) is 5.91 Å². The van der Waals surface area contributed by atoms with Crippen molar-refractivity contribution >= 4 is 66.2 Å². The number of amides is 1. The van der Waals surface area contributed by atoms with E-state index >= 15 is 0 Å². The molecule has 0 bridgehead atoms. The summed E-state index contributed by atoms with van der Waals surface area (Å²) in [6.07, 6.45) is 0. The van der Waals surface area contributed by atoms with E-state index in [4.69, 9.17) is 32.7 Å². The number of ether oxygens (including phenoxy) is 2. The molecule has 0 saturated heterocycles. The summed E-state index contributed by atoms with van der Waals surface area (Å²) in [6.45, 7) is 1.17. The number of carbonyl (C=O) groups is 1. The predicted octanol–water partition coefficient (Wildman–Crippen LogP) is 5.95. The van der Waals surface area contributed by atoms with E-state index in [2.05, 4.69) is 10.0 Å². The maximum atomic E-state index is 13.6. The molecule has 0 atom stereocenters. The van der Waals surface area contributed by atoms with Crippen LogP contribution >= 0.6 is 23.2 Å². The predicted molar refractivity (Wildman–Crippen MR) is 168 cm³/mol. The molecule has 0 unspecified atom stereocenters. The van der Waals surface area contributed by atoms with Crippen molar-refractivity contribution in [2.45, 2.75) is 16.7 Å². The Balaban J connectivity index is 1.55. The van der Waals surface area contributed by atoms with Crippen LogP contribution in [0.15, 0.2) is 94.7 Å². The van der Waals surface area contributed by atoms with Gasteiger partial charge in [0.05, 0.1) is 40.4 Å². The Kier molecular flexibility index (Phi) is 9.75. The van der Waals surface area contributed by atoms with Gasteiger partial charge >= 0.3 is 0 Å². The maximum Gasteiger partial charge on any atom is 0.264 e. The van der Waals surface area contributed by atoms with Gasteiger partial charge in [-0.05, 0) is 73.7 Å². The molecule has 4 rings (SSSR count). The third-order valence-corrected chi connectivity index (χ3v) is 9.88. The van der Waals surface area contributed by atoms with Crippen molar-refractivity contribution in [1.29, 1.82) is 0 Å². The monoisotopic (exact) mass is 663 g/mol. The van der Waals surface area contributed by atoms with Gasteiger partial charge in [0.15, 0.2) is 0 Å². The molecule has 226 valence electrons. The van der Waals surface area contributed by atoms with E-state index < -0.39 is 32.5 Å². The highest BCUT2D eigenvalue weighted by Crippen LogP contribution is 2.34. The number of hydrogen-bond donors (Lipinski definition) is 2. The highest BCUT2D eigenvalue weighted by molar-refractivity contribution is 7.93. The molecule has 0 heterocycles. The Morgan fingerprint density at radius 1 is 0.814 bits per heavy atom. The minimum atomic E-state index is -4.24. The van der Waals surface area contributed by atoms with Crippen LogP contribution in [0.5, 0.6) is 11.5 Å². The average Bonchev–Trinajstić information content (AvgIpc) is 2.97. The lowest BCUT2D eigenvalue weighted by Crippen LogP contribution is -2.38. The van der Waals surface area contributed by atoms with Gasteiger partial charge in [0, 0.05) is 16.8 Å². The molecule has 2 N–H and O–H groups in total. The first-order valence-corrected chi connectivity index (χ1v) is 16.2. The smallest absolute Gasteiger partial charge is 0.264 e. The zero-order valence-corrected chi connectivity index (χ0v) is 26.3. The highest BCUT2D eigenvalue weighted by Gasteiger charge is 2.29. The molecule has 14 heteroatoms. The van der Waals surface area contributed by atoms with Crippen LogP contribution in [-0.2, 0) is 24.8 Å². The number of nitrogens with zero attached hydrogens (tertiary/aromatic N) is 1. The molecule has 0 saturated carbocycles. The SMILES string of the molecule is COc1ccc(NS(=O)(=O)c2ccc(NC(=O)CN(c3cc(Cl)ccc3Cl)S(=O)(=O)c3ccc(C)cc3)cc2)c(OC)c1. The van der Waals surface area contributed by atoms with Gasteiger partial charge in [-0.15, -0.1) is 0 Å². The summed E-state index contributed by atoms with van der Waals surface area (Å²) in [4.78, 5) is 13.0. The molecular weight excluding hydrogens is 637 g/mol. The summed E-state index contributed by atoms with van der Waals surface area (Å²) >= 11 is 12.5. The summed E-state index contributed by atoms with van der Waals surface area (Å²) in [7, 11) is -5.39. The molecular formula is C29H27Cl2N3O7S2. The Labute approximate surface area is 260 Å². The fourth-order valence-corrected chi connectivity index (χ4v) is 6.89. The fraction of sp³-hybridized carbons (Fsp3) is 0.138. The third kappa shape index (κ3) is 7.52. The third-order valence-electron chi connectivity index (χ3n) is 6.17. The number of halogens is 2. The van der Waals surface area contributed by atoms with Gasteiger partial charge in [0.1, 0.15) is 18.0 Å². The number of anilines is 3. The zero-order valence-electron chi connectivity index (χ0n) is 23.2. The number of hydrogen-bond acceptors (Lipinski definition) is 7. The van der Waals surface area contributed by atoms with Crippen molar-refractivity contribution in [1.82, 2.24) is 0 Å². The van der Waals surface area contributed by atoms with Crippen molar-refractivity contribution < 1.29 is 31.1 Å². The number of rotatable bonds is 11. The zero-order chi connectivity index (χ0) is 31.4. The normalized spacial score (nSPS) is 11.5. The molecule has 43 heavy (non-hydrogen) atoms. The Morgan fingerprint density at radius 2 is 1.47 bits per heavy atom. The lowest BCUT2D eigenvalue weighted by Gasteiger charge is -2.25. The van der Waals surface area contributed by atoms with Crippen LogP contribution in [0.4, 0.5) is 17.1 Å². The molecule has 0 spiro atoms. The first kappa shape index (κ1) is 32.0. The molecule has 1 amide bonds. The Morgan fingerprint density at radius 3 is 2.09 bits per heavy atom. The number of aryl methyl sites for hydroxylation is 1. The molecule has 0 fully saturated rings. The number of nitrogens with one attached hydrogen (secondary N) is 2. The largest absolute Gasteiger partial charge is 0.497 e. The Bertz CT molecular complexity index is 1850. The van der Waals surface area contributed by atoms with E-state index in [1.807, 2.05) is 6.92 Å². The second kappa shape index (κ2) is 13.1. The average molecular weight is 665 g/mol. The van der Waals surface area contributed by atoms with Gasteiger partial charge in [-0.25, -0.2) is 16.8 Å². The van der Waals surface area contributed by atoms with Gasteiger partial charge in [-0.2, -0.15) is 0 Å². The second-order valence-corrected chi connectivity index (χ2v) is 13.6. The summed E-state index contributed by atoms with van der Waals surface area (Å²) in [5.41, 5.74) is 1.31. The van der Waals surface area contributed by atoms with Gasteiger partial charge in [-0.1, -0.05) is 40.9 Å². The Hall–Kier alpha value is -3.97. The van der Waals surface area contributed by atoms with E-state index in [0.29, 0.717) is 5.75 Å². The maximum absolute atomic E-state index is 13.6. The van der Waals surface area contributed by atoms with Crippen molar-refractivity contribution in [3.05, 3.63) is 101 Å². The molecule has 4 aromatic rings. The summed E-state index contributed by atoms with van der Waals surface area (Å²) in [5.74, 6) is 0.0444. The molecule has 0 aromatic heterocycles. The van der Waals surface area contributed by atoms with Crippen molar-refractivity contribution in [3.63, 3.8) is 0 Å². The number of carbonyl (C=O) groups excluding carboxylic acids is 1. The van der Waals surface area contributed by atoms with Crippen molar-refractivity contribution in [3.8, 4) is 11.5 Å². The standard InChI is InChI=1S/C29H27Cl2N3O7S2/c1-19-4-10-24(11-5-19)43(38,39)34(27-16-20(30)6-14-25(27)31)18-29(35)32-21-7-12-23(13-8-21)42(36,37)33-26-15-9-22(40-2)17-28(26)41-3/h4-17,33H,18H2,1-3H3,(H,32,35). The quantitative estimate of drug-likeness (QED) is 0.203. The summed E-state index contributed by atoms with van der Waals surface area (Å²) in [6, 6.07) is 20.4. The van der Waals surface area contributed by atoms with E-state index in [0.717, 1.165) is 9.87 Å². The minimum absolute atomic E-state index is 0.0198. The number of benzene rings is 4. The molecule has 0 aliphatic rings. The van der Waals surface area contributed by atoms with E-state index in [-0.39, 0.29) is 42.6 Å². The summed E-state index contributed by atoms with van der Waals surface area (Å²) in [5, 5.41) is 2.89. The molecule has 0 radical (unpaired) electrons. The van der Waals surface area contributed by atoms with Crippen LogP contribution in [0.2, 0.25) is 10.0 Å². The lowest BCUT2D eigenvalue weighted by molar-refractivity contribution is -0.114. The first-order valence-electron chi connectivity index (χ1n) is 12.5. The van der Waals surface area contributed by atoms with Crippen LogP contribution in [0.3, 0.4) is 0 Å². The van der Waals surface area contributed by atoms with E-state index in [9.17, 15) is 21.6 Å². The van der Waals surface area contributed by atoms with Crippen LogP contribution in [-0.4, -0.2) is 43.5 Å².